The van der Waals surface area contributed by atoms with Crippen molar-refractivity contribution in [1.29, 1.82) is 0 Å². The number of carbonyl (C=O) groups is 2. The minimum Gasteiger partial charge on any atom is -0.468 e. The van der Waals surface area contributed by atoms with Crippen molar-refractivity contribution in [3.05, 3.63) is 12.7 Å². The van der Waals surface area contributed by atoms with Crippen molar-refractivity contribution in [3.8, 4) is 0 Å². The second-order valence-corrected chi connectivity index (χ2v) is 5.52. The molecule has 3 heteroatoms. The zero-order valence-corrected chi connectivity index (χ0v) is 10.7. The first-order valence-corrected chi connectivity index (χ1v) is 6.26. The van der Waals surface area contributed by atoms with Crippen LogP contribution in [-0.2, 0) is 14.3 Å². The number of esters is 1. The van der Waals surface area contributed by atoms with E-state index in [-0.39, 0.29) is 23.6 Å². The van der Waals surface area contributed by atoms with Gasteiger partial charge in [0.2, 0.25) is 0 Å². The van der Waals surface area contributed by atoms with Crippen LogP contribution in [0.1, 0.15) is 26.7 Å². The molecule has 94 valence electrons. The van der Waals surface area contributed by atoms with E-state index < -0.39 is 5.41 Å². The van der Waals surface area contributed by atoms with Gasteiger partial charge in [-0.15, -0.1) is 6.58 Å². The summed E-state index contributed by atoms with van der Waals surface area (Å²) in [6, 6.07) is 0. The van der Waals surface area contributed by atoms with Crippen molar-refractivity contribution in [2.45, 2.75) is 26.7 Å². The number of allylic oxidation sites excluding steroid dienone is 1. The summed E-state index contributed by atoms with van der Waals surface area (Å²) < 4.78 is 4.86. The van der Waals surface area contributed by atoms with E-state index >= 15 is 0 Å². The number of rotatable bonds is 3. The SMILES string of the molecule is C=C[C@@H]1[C@@H]2[C@@H](C(C)C)CCC(=O)C21C(=O)OC. The van der Waals surface area contributed by atoms with Crippen molar-refractivity contribution in [1.82, 2.24) is 0 Å². The first kappa shape index (κ1) is 12.3. The third kappa shape index (κ3) is 1.41. The summed E-state index contributed by atoms with van der Waals surface area (Å²) in [6.45, 7) is 8.08. The number of ketones is 1. The smallest absolute Gasteiger partial charge is 0.320 e. The largest absolute Gasteiger partial charge is 0.468 e. The van der Waals surface area contributed by atoms with Crippen LogP contribution in [0.15, 0.2) is 12.7 Å². The Morgan fingerprint density at radius 1 is 1.59 bits per heavy atom. The average Bonchev–Trinajstić information content (AvgIpc) is 2.99. The van der Waals surface area contributed by atoms with E-state index in [9.17, 15) is 9.59 Å². The maximum Gasteiger partial charge on any atom is 0.320 e. The Bertz CT molecular complexity index is 362. The molecule has 2 rings (SSSR count). The van der Waals surface area contributed by atoms with E-state index in [0.29, 0.717) is 18.3 Å². The Morgan fingerprint density at radius 3 is 2.71 bits per heavy atom. The maximum atomic E-state index is 12.1. The first-order chi connectivity index (χ1) is 8.01. The molecule has 0 amide bonds. The summed E-state index contributed by atoms with van der Waals surface area (Å²) in [4.78, 5) is 24.1. The molecule has 0 aromatic heterocycles. The third-order valence-corrected chi connectivity index (χ3v) is 4.59. The summed E-state index contributed by atoms with van der Waals surface area (Å²) in [6.07, 6.45) is 3.16. The number of carbonyl (C=O) groups excluding carboxylic acids is 2. The Kier molecular flexibility index (Phi) is 2.88. The normalized spacial score (nSPS) is 39.8. The molecule has 4 atom stereocenters. The monoisotopic (exact) mass is 236 g/mol. The molecule has 0 radical (unpaired) electrons. The van der Waals surface area contributed by atoms with Crippen LogP contribution in [0.25, 0.3) is 0 Å². The molecule has 3 nitrogen and oxygen atoms in total. The first-order valence-electron chi connectivity index (χ1n) is 6.26. The second-order valence-electron chi connectivity index (χ2n) is 5.52. The van der Waals surface area contributed by atoms with Gasteiger partial charge in [-0.25, -0.2) is 0 Å². The van der Waals surface area contributed by atoms with E-state index in [1.165, 1.54) is 7.11 Å². The van der Waals surface area contributed by atoms with E-state index in [0.717, 1.165) is 6.42 Å². The quantitative estimate of drug-likeness (QED) is 0.428. The molecule has 0 aliphatic heterocycles. The minimum atomic E-state index is -0.885. The summed E-state index contributed by atoms with van der Waals surface area (Å²) in [5.41, 5.74) is -0.885. The van der Waals surface area contributed by atoms with Crippen LogP contribution in [-0.4, -0.2) is 18.9 Å². The molecule has 0 saturated heterocycles. The Labute approximate surface area is 102 Å². The van der Waals surface area contributed by atoms with Crippen LogP contribution in [0.2, 0.25) is 0 Å². The fourth-order valence-electron chi connectivity index (χ4n) is 3.74. The van der Waals surface area contributed by atoms with Crippen LogP contribution < -0.4 is 0 Å². The van der Waals surface area contributed by atoms with Crippen molar-refractivity contribution >= 4 is 11.8 Å². The molecule has 2 fully saturated rings. The molecule has 0 N–H and O–H groups in total. The Morgan fingerprint density at radius 2 is 2.24 bits per heavy atom. The van der Waals surface area contributed by atoms with Gasteiger partial charge >= 0.3 is 5.97 Å². The van der Waals surface area contributed by atoms with Crippen LogP contribution in [0.5, 0.6) is 0 Å². The van der Waals surface area contributed by atoms with Gasteiger partial charge in [-0.2, -0.15) is 0 Å². The predicted octanol–water partition coefficient (Wildman–Crippen LogP) is 2.21. The fraction of sp³-hybridized carbons (Fsp3) is 0.714. The highest BCUT2D eigenvalue weighted by atomic mass is 16.5. The molecule has 0 aromatic rings. The lowest BCUT2D eigenvalue weighted by atomic mass is 9.75. The lowest BCUT2D eigenvalue weighted by Gasteiger charge is -2.28. The van der Waals surface area contributed by atoms with E-state index in [4.69, 9.17) is 4.74 Å². The van der Waals surface area contributed by atoms with Gasteiger partial charge in [0, 0.05) is 12.3 Å². The number of Topliss-reactive ketones (excluding diaryl/α,β-unsaturated/α-hetero) is 1. The standard InChI is InChI=1S/C14H20O3/c1-5-10-12-9(8(2)3)6-7-11(15)14(10,12)13(16)17-4/h5,8-10,12H,1,6-7H2,2-4H3/t9-,10-,12+,14?/m1/s1. The van der Waals surface area contributed by atoms with Gasteiger partial charge in [0.25, 0.3) is 0 Å². The number of hydrogen-bond donors (Lipinski definition) is 0. The highest BCUT2D eigenvalue weighted by molar-refractivity contribution is 6.09. The molecular formula is C14H20O3. The maximum absolute atomic E-state index is 12.1. The van der Waals surface area contributed by atoms with Crippen LogP contribution in [0.4, 0.5) is 0 Å². The topological polar surface area (TPSA) is 43.4 Å². The second kappa shape index (κ2) is 3.97. The molecule has 2 aliphatic rings. The van der Waals surface area contributed by atoms with Crippen molar-refractivity contribution in [3.63, 3.8) is 0 Å². The zero-order valence-electron chi connectivity index (χ0n) is 10.7. The third-order valence-electron chi connectivity index (χ3n) is 4.59. The lowest BCUT2D eigenvalue weighted by Crippen LogP contribution is -2.36. The van der Waals surface area contributed by atoms with Crippen LogP contribution in [0.3, 0.4) is 0 Å². The number of hydrogen-bond acceptors (Lipinski definition) is 3. The molecule has 2 saturated carbocycles. The van der Waals surface area contributed by atoms with Crippen molar-refractivity contribution in [2.24, 2.45) is 29.1 Å². The van der Waals surface area contributed by atoms with Gasteiger partial charge in [-0.3, -0.25) is 9.59 Å². The molecule has 1 unspecified atom stereocenters. The average molecular weight is 236 g/mol. The lowest BCUT2D eigenvalue weighted by molar-refractivity contribution is -0.154. The molecule has 0 heterocycles. The van der Waals surface area contributed by atoms with E-state index in [2.05, 4.69) is 20.4 Å². The Balaban J connectivity index is 2.38. The van der Waals surface area contributed by atoms with Gasteiger partial charge in [-0.05, 0) is 24.2 Å². The summed E-state index contributed by atoms with van der Waals surface area (Å²) in [7, 11) is 1.36. The molecule has 2 aliphatic carbocycles. The minimum absolute atomic E-state index is 0.0163. The molecule has 17 heavy (non-hydrogen) atoms. The Hall–Kier alpha value is -1.12. The number of methoxy groups -OCH3 is 1. The highest BCUT2D eigenvalue weighted by Crippen LogP contribution is 2.68. The number of ether oxygens (including phenoxy) is 1. The highest BCUT2D eigenvalue weighted by Gasteiger charge is 2.76. The van der Waals surface area contributed by atoms with Crippen LogP contribution >= 0.6 is 0 Å². The molecular weight excluding hydrogens is 216 g/mol. The summed E-state index contributed by atoms with van der Waals surface area (Å²) >= 11 is 0. The number of fused-ring (bicyclic) bond motifs is 1. The molecule has 0 aromatic carbocycles. The zero-order chi connectivity index (χ0) is 12.8. The van der Waals surface area contributed by atoms with Crippen LogP contribution in [0, 0.1) is 29.1 Å². The van der Waals surface area contributed by atoms with Gasteiger partial charge < -0.3 is 4.74 Å². The molecule has 0 spiro atoms. The molecule has 0 bridgehead atoms. The fourth-order valence-corrected chi connectivity index (χ4v) is 3.74. The summed E-state index contributed by atoms with van der Waals surface area (Å²) in [5, 5.41) is 0. The summed E-state index contributed by atoms with van der Waals surface area (Å²) in [5.74, 6) is 0.710. The van der Waals surface area contributed by atoms with Gasteiger partial charge in [0.05, 0.1) is 7.11 Å². The predicted molar refractivity (Wildman–Crippen MR) is 64.2 cm³/mol. The van der Waals surface area contributed by atoms with E-state index in [1.54, 1.807) is 6.08 Å². The van der Waals surface area contributed by atoms with Gasteiger partial charge in [0.15, 0.2) is 5.78 Å². The van der Waals surface area contributed by atoms with E-state index in [1.807, 2.05) is 0 Å². The van der Waals surface area contributed by atoms with Crippen molar-refractivity contribution < 1.29 is 14.3 Å². The van der Waals surface area contributed by atoms with Crippen molar-refractivity contribution in [2.75, 3.05) is 7.11 Å². The van der Waals surface area contributed by atoms with Gasteiger partial charge in [-0.1, -0.05) is 19.9 Å². The van der Waals surface area contributed by atoms with Gasteiger partial charge in [0.1, 0.15) is 5.41 Å².